The number of hydrogen-bond donors (Lipinski definition) is 2. The van der Waals surface area contributed by atoms with Gasteiger partial charge in [-0.15, -0.1) is 35.0 Å². The molecule has 1 atom stereocenters. The maximum Gasteiger partial charge on any atom is 0.241 e. The first-order valence-corrected chi connectivity index (χ1v) is 9.36. The lowest BCUT2D eigenvalue weighted by molar-refractivity contribution is -0.117. The van der Waals surface area contributed by atoms with Crippen molar-refractivity contribution in [1.29, 1.82) is 0 Å². The van der Waals surface area contributed by atoms with Crippen LogP contribution in [0.25, 0.3) is 11.4 Å². The van der Waals surface area contributed by atoms with Gasteiger partial charge in [0, 0.05) is 24.2 Å². The number of aromatic nitrogens is 3. The van der Waals surface area contributed by atoms with Crippen LogP contribution in [0.3, 0.4) is 0 Å². The highest BCUT2D eigenvalue weighted by molar-refractivity contribution is 6.33. The Kier molecular flexibility index (Phi) is 7.91. The van der Waals surface area contributed by atoms with Crippen LogP contribution in [-0.4, -0.2) is 33.3 Å². The van der Waals surface area contributed by atoms with E-state index in [2.05, 4.69) is 25.4 Å². The largest absolute Gasteiger partial charge is 0.325 e. The molecule has 1 aromatic heterocycles. The first kappa shape index (κ1) is 22.0. The van der Waals surface area contributed by atoms with Crippen LogP contribution in [0.2, 0.25) is 5.02 Å². The van der Waals surface area contributed by atoms with Crippen LogP contribution in [-0.2, 0) is 17.8 Å². The third-order valence-corrected chi connectivity index (χ3v) is 5.29. The van der Waals surface area contributed by atoms with E-state index in [1.807, 2.05) is 18.2 Å². The van der Waals surface area contributed by atoms with Crippen LogP contribution in [0.15, 0.2) is 18.2 Å². The molecule has 1 fully saturated rings. The average molecular weight is 433 g/mol. The number of halogens is 3. The lowest BCUT2D eigenvalue weighted by Crippen LogP contribution is -2.35. The number of carbonyl (C=O) groups is 1. The number of anilines is 1. The van der Waals surface area contributed by atoms with Crippen LogP contribution < -0.4 is 10.6 Å². The van der Waals surface area contributed by atoms with Crippen molar-refractivity contribution in [2.24, 2.45) is 0 Å². The fraction of sp³-hybridized carbons (Fsp3) is 0.500. The molecule has 4 rings (SSSR count). The van der Waals surface area contributed by atoms with E-state index in [0.717, 1.165) is 68.1 Å². The molecule has 0 aliphatic carbocycles. The maximum absolute atomic E-state index is 12.3. The number of rotatable bonds is 3. The normalized spacial score (nSPS) is 18.6. The molecule has 1 unspecified atom stereocenters. The summed E-state index contributed by atoms with van der Waals surface area (Å²) in [5.41, 5.74) is 1.56. The summed E-state index contributed by atoms with van der Waals surface area (Å²) in [6, 6.07) is 5.44. The van der Waals surface area contributed by atoms with Gasteiger partial charge < -0.3 is 15.2 Å². The van der Waals surface area contributed by atoms with Gasteiger partial charge in [0.25, 0.3) is 0 Å². The molecule has 0 saturated carbocycles. The molecule has 1 saturated heterocycles. The Morgan fingerprint density at radius 3 is 2.81 bits per heavy atom. The molecule has 2 aromatic rings. The average Bonchev–Trinajstić information content (AvgIpc) is 3.22. The Hall–Kier alpha value is -1.34. The van der Waals surface area contributed by atoms with Crippen LogP contribution in [0.4, 0.5) is 5.69 Å². The molecule has 0 spiro atoms. The van der Waals surface area contributed by atoms with Gasteiger partial charge in [0.15, 0.2) is 5.82 Å². The minimum Gasteiger partial charge on any atom is -0.325 e. The molecule has 2 N–H and O–H groups in total. The van der Waals surface area contributed by atoms with Gasteiger partial charge in [0.05, 0.1) is 11.1 Å². The molecule has 27 heavy (non-hydrogen) atoms. The topological polar surface area (TPSA) is 71.8 Å². The Labute approximate surface area is 176 Å². The molecule has 3 heterocycles. The number of amides is 1. The van der Waals surface area contributed by atoms with Gasteiger partial charge >= 0.3 is 0 Å². The summed E-state index contributed by atoms with van der Waals surface area (Å²) in [7, 11) is 0. The summed E-state index contributed by atoms with van der Waals surface area (Å²) in [4.78, 5) is 12.3. The summed E-state index contributed by atoms with van der Waals surface area (Å²) in [6.07, 6.45) is 6.35. The number of carbonyl (C=O) groups excluding carboxylic acids is 1. The molecular weight excluding hydrogens is 409 g/mol. The van der Waals surface area contributed by atoms with E-state index >= 15 is 0 Å². The molecule has 1 amide bonds. The summed E-state index contributed by atoms with van der Waals surface area (Å²) in [5.74, 6) is 1.82. The van der Waals surface area contributed by atoms with E-state index in [1.165, 1.54) is 6.42 Å². The van der Waals surface area contributed by atoms with E-state index < -0.39 is 0 Å². The zero-order valence-corrected chi connectivity index (χ0v) is 17.3. The zero-order valence-electron chi connectivity index (χ0n) is 14.9. The number of fused-ring (bicyclic) bond motifs is 1. The quantitative estimate of drug-likeness (QED) is 0.772. The molecular formula is C18H24Cl3N5O. The fourth-order valence-corrected chi connectivity index (χ4v) is 3.80. The van der Waals surface area contributed by atoms with Crippen molar-refractivity contribution in [2.45, 2.75) is 51.1 Å². The van der Waals surface area contributed by atoms with Crippen molar-refractivity contribution in [3.8, 4) is 11.4 Å². The number of benzene rings is 1. The summed E-state index contributed by atoms with van der Waals surface area (Å²) in [5, 5.41) is 15.5. The first-order valence-electron chi connectivity index (χ1n) is 8.98. The summed E-state index contributed by atoms with van der Waals surface area (Å²) < 4.78 is 2.17. The molecule has 0 bridgehead atoms. The van der Waals surface area contributed by atoms with Crippen LogP contribution in [0, 0.1) is 0 Å². The Balaban J connectivity index is 0.00000131. The number of hydrogen-bond acceptors (Lipinski definition) is 4. The number of aryl methyl sites for hydroxylation is 1. The van der Waals surface area contributed by atoms with Crippen LogP contribution in [0.1, 0.15) is 37.9 Å². The van der Waals surface area contributed by atoms with Gasteiger partial charge in [-0.05, 0) is 50.4 Å². The highest BCUT2D eigenvalue weighted by Crippen LogP contribution is 2.31. The molecule has 1 aromatic carbocycles. The zero-order chi connectivity index (χ0) is 17.2. The Bertz CT molecular complexity index is 789. The van der Waals surface area contributed by atoms with Crippen molar-refractivity contribution in [2.75, 3.05) is 11.9 Å². The highest BCUT2D eigenvalue weighted by atomic mass is 35.5. The van der Waals surface area contributed by atoms with Crippen molar-refractivity contribution >= 4 is 48.0 Å². The Morgan fingerprint density at radius 1 is 1.19 bits per heavy atom. The van der Waals surface area contributed by atoms with Crippen LogP contribution >= 0.6 is 36.4 Å². The lowest BCUT2D eigenvalue weighted by Gasteiger charge is -2.13. The fourth-order valence-electron chi connectivity index (χ4n) is 3.60. The lowest BCUT2D eigenvalue weighted by atomic mass is 10.1. The predicted molar refractivity (Wildman–Crippen MR) is 112 cm³/mol. The van der Waals surface area contributed by atoms with Crippen molar-refractivity contribution in [3.63, 3.8) is 0 Å². The number of nitrogens with one attached hydrogen (secondary N) is 2. The molecule has 2 aliphatic heterocycles. The highest BCUT2D eigenvalue weighted by Gasteiger charge is 2.23. The van der Waals surface area contributed by atoms with Gasteiger partial charge in [-0.1, -0.05) is 18.0 Å². The maximum atomic E-state index is 12.3. The second-order valence-corrected chi connectivity index (χ2v) is 7.14. The van der Waals surface area contributed by atoms with Crippen molar-refractivity contribution < 1.29 is 4.79 Å². The van der Waals surface area contributed by atoms with E-state index in [0.29, 0.717) is 5.02 Å². The third kappa shape index (κ3) is 4.74. The second kappa shape index (κ2) is 9.73. The Morgan fingerprint density at radius 2 is 2.04 bits per heavy atom. The molecule has 6 nitrogen and oxygen atoms in total. The van der Waals surface area contributed by atoms with E-state index in [9.17, 15) is 4.79 Å². The second-order valence-electron chi connectivity index (χ2n) is 6.73. The summed E-state index contributed by atoms with van der Waals surface area (Å²) >= 11 is 6.43. The van der Waals surface area contributed by atoms with Crippen molar-refractivity contribution in [3.05, 3.63) is 29.0 Å². The molecule has 0 radical (unpaired) electrons. The standard InChI is InChI=1S/C18H22ClN5O.2ClH/c19-14-8-7-12(21-18(25)15-5-4-9-20-15)11-13(14)17-23-22-16-6-2-1-3-10-24(16)17;;/h7-8,11,15,20H,1-6,9-10H2,(H,21,25);2*1H. The smallest absolute Gasteiger partial charge is 0.241 e. The van der Waals surface area contributed by atoms with Gasteiger partial charge in [-0.2, -0.15) is 0 Å². The van der Waals surface area contributed by atoms with Gasteiger partial charge in [-0.25, -0.2) is 0 Å². The molecule has 9 heteroatoms. The minimum absolute atomic E-state index is 0. The van der Waals surface area contributed by atoms with E-state index in [-0.39, 0.29) is 36.8 Å². The van der Waals surface area contributed by atoms with E-state index in [1.54, 1.807) is 0 Å². The monoisotopic (exact) mass is 431 g/mol. The first-order chi connectivity index (χ1) is 12.2. The van der Waals surface area contributed by atoms with Crippen molar-refractivity contribution in [1.82, 2.24) is 20.1 Å². The molecule has 148 valence electrons. The van der Waals surface area contributed by atoms with Gasteiger partial charge in [-0.3, -0.25) is 4.79 Å². The molecule has 2 aliphatic rings. The summed E-state index contributed by atoms with van der Waals surface area (Å²) in [6.45, 7) is 1.81. The number of nitrogens with zero attached hydrogens (tertiary/aromatic N) is 3. The van der Waals surface area contributed by atoms with Gasteiger partial charge in [0.2, 0.25) is 5.91 Å². The predicted octanol–water partition coefficient (Wildman–Crippen LogP) is 3.86. The van der Waals surface area contributed by atoms with Crippen LogP contribution in [0.5, 0.6) is 0 Å². The minimum atomic E-state index is -0.108. The van der Waals surface area contributed by atoms with E-state index in [4.69, 9.17) is 11.6 Å². The van der Waals surface area contributed by atoms with Gasteiger partial charge in [0.1, 0.15) is 5.82 Å². The third-order valence-electron chi connectivity index (χ3n) is 4.96. The SMILES string of the molecule is Cl.Cl.O=C(Nc1ccc(Cl)c(-c2nnc3n2CCCCC3)c1)C1CCCN1.